The molecule has 2 heteroatoms. The van der Waals surface area contributed by atoms with E-state index in [0.29, 0.717) is 0 Å². The molecular weight excluding hydrogens is 180 g/mol. The smallest absolute Gasteiger partial charge is 0.120 e. The Balaban J connectivity index is 0.000000405. The fraction of sp³-hybridized carbons (Fsp3) is 0.143. The lowest BCUT2D eigenvalue weighted by molar-refractivity contribution is 0.328. The maximum atomic E-state index is 5.18. The molecule has 0 aliphatic carbocycles. The van der Waals surface area contributed by atoms with Gasteiger partial charge in [-0.1, -0.05) is 12.1 Å². The Hall–Kier alpha value is -0.500. The van der Waals surface area contributed by atoms with Crippen LogP contribution in [0.25, 0.3) is 0 Å². The van der Waals surface area contributed by atoms with Crippen molar-refractivity contribution in [3.63, 3.8) is 0 Å². The highest BCUT2D eigenvalue weighted by molar-refractivity contribution is 8.93. The Morgan fingerprint density at radius 3 is 2.89 bits per heavy atom. The van der Waals surface area contributed by atoms with E-state index in [-0.39, 0.29) is 17.0 Å². The third-order valence-corrected chi connectivity index (χ3v) is 1.30. The average Bonchev–Trinajstić information content (AvgIpc) is 2.12. The molecule has 1 heterocycles. The largest absolute Gasteiger partial charge is 0.489 e. The minimum absolute atomic E-state index is 0. The summed E-state index contributed by atoms with van der Waals surface area (Å²) in [6.07, 6.45) is 0. The van der Waals surface area contributed by atoms with E-state index in [0.717, 1.165) is 12.4 Å². The molecule has 0 saturated carbocycles. The summed E-state index contributed by atoms with van der Waals surface area (Å²) < 4.78 is 5.18. The van der Waals surface area contributed by atoms with Gasteiger partial charge >= 0.3 is 0 Å². The molecule has 0 amide bonds. The van der Waals surface area contributed by atoms with Crippen molar-refractivity contribution in [1.82, 2.24) is 0 Å². The van der Waals surface area contributed by atoms with Gasteiger partial charge in [-0.3, -0.25) is 0 Å². The highest BCUT2D eigenvalue weighted by Crippen LogP contribution is 2.20. The zero-order valence-corrected chi connectivity index (χ0v) is 6.55. The normalized spacial score (nSPS) is 12.0. The number of hydrogen-bond donors (Lipinski definition) is 0. The zero-order chi connectivity index (χ0) is 5.40. The van der Waals surface area contributed by atoms with Crippen molar-refractivity contribution < 1.29 is 4.74 Å². The second-order valence-corrected chi connectivity index (χ2v) is 1.94. The van der Waals surface area contributed by atoms with Crippen LogP contribution in [0.1, 0.15) is 5.56 Å². The van der Waals surface area contributed by atoms with Crippen molar-refractivity contribution in [2.24, 2.45) is 0 Å². The Kier molecular flexibility index (Phi) is 1.76. The summed E-state index contributed by atoms with van der Waals surface area (Å²) in [6, 6.07) is 8.10. The van der Waals surface area contributed by atoms with Gasteiger partial charge in [-0.15, -0.1) is 17.0 Å². The van der Waals surface area contributed by atoms with E-state index in [1.807, 2.05) is 12.1 Å². The van der Waals surface area contributed by atoms with Gasteiger partial charge < -0.3 is 4.74 Å². The van der Waals surface area contributed by atoms with Gasteiger partial charge in [0.2, 0.25) is 0 Å². The van der Waals surface area contributed by atoms with Crippen molar-refractivity contribution in [2.45, 2.75) is 6.61 Å². The Morgan fingerprint density at radius 2 is 2.22 bits per heavy atom. The first-order valence-electron chi connectivity index (χ1n) is 2.67. The van der Waals surface area contributed by atoms with E-state index in [4.69, 9.17) is 4.74 Å². The van der Waals surface area contributed by atoms with E-state index >= 15 is 0 Å². The summed E-state index contributed by atoms with van der Waals surface area (Å²) in [5, 5.41) is 0. The Labute approximate surface area is 64.4 Å². The number of benzene rings is 1. The van der Waals surface area contributed by atoms with Gasteiger partial charge in [-0.25, -0.2) is 0 Å². The van der Waals surface area contributed by atoms with Crippen LogP contribution < -0.4 is 4.74 Å². The summed E-state index contributed by atoms with van der Waals surface area (Å²) in [5.74, 6) is 1.00. The summed E-state index contributed by atoms with van der Waals surface area (Å²) in [6.45, 7) is 0.766. The molecule has 1 aliphatic heterocycles. The highest BCUT2D eigenvalue weighted by Gasteiger charge is 2.03. The van der Waals surface area contributed by atoms with E-state index < -0.39 is 0 Å². The first kappa shape index (κ1) is 6.62. The standard InChI is InChI=1S/C7H6O.BrH/c1-2-6-4-7(3-1)8-5-6;/h1-4H,5H2;1H. The molecule has 0 unspecified atom stereocenters. The molecule has 0 N–H and O–H groups in total. The van der Waals surface area contributed by atoms with Gasteiger partial charge in [-0.2, -0.15) is 0 Å². The Bertz CT molecular complexity index is 191. The zero-order valence-electron chi connectivity index (χ0n) is 4.83. The first-order chi connectivity index (χ1) is 3.95. The van der Waals surface area contributed by atoms with Gasteiger partial charge in [0.05, 0.1) is 0 Å². The number of hydrogen-bond acceptors (Lipinski definition) is 1. The highest BCUT2D eigenvalue weighted by atomic mass is 79.9. The van der Waals surface area contributed by atoms with Crippen LogP contribution in [0.5, 0.6) is 5.75 Å². The predicted octanol–water partition coefficient (Wildman–Crippen LogP) is 2.16. The van der Waals surface area contributed by atoms with Crippen LogP contribution in [0.15, 0.2) is 24.3 Å². The van der Waals surface area contributed by atoms with Crippen molar-refractivity contribution >= 4 is 17.0 Å². The second-order valence-electron chi connectivity index (χ2n) is 1.94. The fourth-order valence-electron chi connectivity index (χ4n) is 0.892. The van der Waals surface area contributed by atoms with Crippen LogP contribution in [-0.4, -0.2) is 0 Å². The van der Waals surface area contributed by atoms with Crippen LogP contribution in [-0.2, 0) is 6.61 Å². The first-order valence-corrected chi connectivity index (χ1v) is 2.67. The molecule has 0 aromatic heterocycles. The van der Waals surface area contributed by atoms with Crippen molar-refractivity contribution in [2.75, 3.05) is 0 Å². The van der Waals surface area contributed by atoms with Crippen LogP contribution >= 0.6 is 17.0 Å². The quantitative estimate of drug-likeness (QED) is 0.604. The molecule has 0 atom stereocenters. The molecular formula is C7H7BrO. The second kappa shape index (κ2) is 2.40. The van der Waals surface area contributed by atoms with Crippen molar-refractivity contribution in [3.05, 3.63) is 29.8 Å². The molecule has 0 radical (unpaired) electrons. The molecule has 9 heavy (non-hydrogen) atoms. The number of rotatable bonds is 0. The lowest BCUT2D eigenvalue weighted by Crippen LogP contribution is -1.80. The molecule has 0 fully saturated rings. The number of fused-ring (bicyclic) bond motifs is 2. The summed E-state index contributed by atoms with van der Waals surface area (Å²) >= 11 is 0. The van der Waals surface area contributed by atoms with Gasteiger partial charge in [-0.05, 0) is 17.7 Å². The summed E-state index contributed by atoms with van der Waals surface area (Å²) in [4.78, 5) is 0. The molecule has 0 saturated heterocycles. The molecule has 2 rings (SSSR count). The van der Waals surface area contributed by atoms with Crippen LogP contribution in [0.3, 0.4) is 0 Å². The maximum Gasteiger partial charge on any atom is 0.120 e. The lowest BCUT2D eigenvalue weighted by Gasteiger charge is -1.88. The minimum Gasteiger partial charge on any atom is -0.489 e. The van der Waals surface area contributed by atoms with Gasteiger partial charge in [0, 0.05) is 0 Å². The monoisotopic (exact) mass is 186 g/mol. The topological polar surface area (TPSA) is 9.23 Å². The maximum absolute atomic E-state index is 5.18. The summed E-state index contributed by atoms with van der Waals surface area (Å²) in [7, 11) is 0. The van der Waals surface area contributed by atoms with E-state index in [2.05, 4.69) is 12.1 Å². The van der Waals surface area contributed by atoms with E-state index in [9.17, 15) is 0 Å². The van der Waals surface area contributed by atoms with Gasteiger partial charge in [0.25, 0.3) is 0 Å². The molecule has 1 nitrogen and oxygen atoms in total. The third-order valence-electron chi connectivity index (χ3n) is 1.30. The number of ether oxygens (including phenoxy) is 1. The van der Waals surface area contributed by atoms with Gasteiger partial charge in [0.15, 0.2) is 0 Å². The SMILES string of the molecule is Br.c1cc2cc(c1)OC2. The molecule has 1 aromatic rings. The van der Waals surface area contributed by atoms with Crippen LogP contribution in [0.2, 0.25) is 0 Å². The Morgan fingerprint density at radius 1 is 1.33 bits per heavy atom. The lowest BCUT2D eigenvalue weighted by atomic mass is 10.2. The van der Waals surface area contributed by atoms with E-state index in [1.165, 1.54) is 5.56 Å². The van der Waals surface area contributed by atoms with Crippen LogP contribution in [0.4, 0.5) is 0 Å². The van der Waals surface area contributed by atoms with E-state index in [1.54, 1.807) is 0 Å². The third kappa shape index (κ3) is 1.08. The molecule has 0 spiro atoms. The van der Waals surface area contributed by atoms with Crippen molar-refractivity contribution in [1.29, 1.82) is 0 Å². The average molecular weight is 187 g/mol. The van der Waals surface area contributed by atoms with Gasteiger partial charge in [0.1, 0.15) is 12.4 Å². The molecule has 1 aromatic carbocycles. The summed E-state index contributed by atoms with van der Waals surface area (Å²) in [5.41, 5.74) is 1.28. The molecule has 48 valence electrons. The van der Waals surface area contributed by atoms with Crippen LogP contribution in [0, 0.1) is 0 Å². The number of halogens is 1. The predicted molar refractivity (Wildman–Crippen MR) is 41.1 cm³/mol. The van der Waals surface area contributed by atoms with Crippen molar-refractivity contribution in [3.8, 4) is 5.75 Å². The molecule has 2 bridgehead atoms. The fourth-order valence-corrected chi connectivity index (χ4v) is 0.892. The minimum atomic E-state index is 0. The molecule has 1 aliphatic rings.